The number of hydrogen-bond acceptors (Lipinski definition) is 4. The summed E-state index contributed by atoms with van der Waals surface area (Å²) in [5, 5.41) is 6.72. The summed E-state index contributed by atoms with van der Waals surface area (Å²) in [5.41, 5.74) is 1.10. The van der Waals surface area contributed by atoms with Crippen LogP contribution in [0.4, 0.5) is 4.39 Å². The van der Waals surface area contributed by atoms with Crippen LogP contribution in [-0.4, -0.2) is 81.8 Å². The van der Waals surface area contributed by atoms with E-state index in [0.29, 0.717) is 5.92 Å². The molecule has 1 unspecified atom stereocenters. The minimum atomic E-state index is -0.197. The fourth-order valence-corrected chi connectivity index (χ4v) is 3.36. The molecule has 0 radical (unpaired) electrons. The van der Waals surface area contributed by atoms with Crippen molar-refractivity contribution in [2.45, 2.75) is 26.5 Å². The van der Waals surface area contributed by atoms with Crippen LogP contribution < -0.4 is 10.6 Å². The molecule has 1 aromatic carbocycles. The van der Waals surface area contributed by atoms with Gasteiger partial charge in [0.25, 0.3) is 0 Å². The number of rotatable bonds is 9. The van der Waals surface area contributed by atoms with Gasteiger partial charge in [-0.3, -0.25) is 9.89 Å². The van der Waals surface area contributed by atoms with E-state index in [-0.39, 0.29) is 11.9 Å². The molecule has 1 saturated heterocycles. The Bertz CT molecular complexity index is 593. The van der Waals surface area contributed by atoms with Crippen molar-refractivity contribution in [2.75, 3.05) is 60.0 Å². The van der Waals surface area contributed by atoms with Crippen molar-refractivity contribution in [3.05, 3.63) is 35.6 Å². The maximum atomic E-state index is 13.0. The van der Waals surface area contributed by atoms with E-state index in [0.717, 1.165) is 63.9 Å². The molecule has 0 spiro atoms. The lowest BCUT2D eigenvalue weighted by Gasteiger charge is -2.34. The minimum absolute atomic E-state index is 0.187. The van der Waals surface area contributed by atoms with Gasteiger partial charge in [0.1, 0.15) is 5.82 Å². The fourth-order valence-electron chi connectivity index (χ4n) is 3.36. The molecule has 1 aromatic rings. The molecular weight excluding hydrogens is 357 g/mol. The Morgan fingerprint density at radius 1 is 1.32 bits per heavy atom. The molecule has 0 saturated carbocycles. The van der Waals surface area contributed by atoms with E-state index < -0.39 is 0 Å². The van der Waals surface area contributed by atoms with E-state index >= 15 is 0 Å². The van der Waals surface area contributed by atoms with Crippen LogP contribution in [0.5, 0.6) is 0 Å². The zero-order valence-electron chi connectivity index (χ0n) is 17.7. The van der Waals surface area contributed by atoms with Crippen molar-refractivity contribution < 1.29 is 9.13 Å². The molecule has 0 amide bonds. The van der Waals surface area contributed by atoms with E-state index in [1.54, 1.807) is 7.05 Å². The molecule has 6 nitrogen and oxygen atoms in total. The lowest BCUT2D eigenvalue weighted by Crippen LogP contribution is -2.50. The Kier molecular flexibility index (Phi) is 9.67. The van der Waals surface area contributed by atoms with Crippen molar-refractivity contribution in [1.29, 1.82) is 0 Å². The van der Waals surface area contributed by atoms with E-state index in [1.807, 2.05) is 12.1 Å². The van der Waals surface area contributed by atoms with Crippen LogP contribution in [0.1, 0.15) is 19.4 Å². The van der Waals surface area contributed by atoms with Gasteiger partial charge in [-0.25, -0.2) is 4.39 Å². The van der Waals surface area contributed by atoms with Crippen LogP contribution in [0.25, 0.3) is 0 Å². The molecule has 28 heavy (non-hydrogen) atoms. The van der Waals surface area contributed by atoms with E-state index in [1.165, 1.54) is 12.1 Å². The highest BCUT2D eigenvalue weighted by molar-refractivity contribution is 5.79. The predicted molar refractivity (Wildman–Crippen MR) is 113 cm³/mol. The van der Waals surface area contributed by atoms with Crippen molar-refractivity contribution in [3.63, 3.8) is 0 Å². The lowest BCUT2D eigenvalue weighted by atomic mass is 10.2. The molecule has 2 N–H and O–H groups in total. The SMILES string of the molecule is CN=C(NCCN(C)Cc1ccc(F)cc1)NCC1CN(CC(C)C)CCO1. The topological polar surface area (TPSA) is 52.1 Å². The summed E-state index contributed by atoms with van der Waals surface area (Å²) in [6.45, 7) is 11.6. The van der Waals surface area contributed by atoms with Crippen molar-refractivity contribution >= 4 is 5.96 Å². The number of likely N-dealkylation sites (N-methyl/N-ethyl adjacent to an activating group) is 1. The average molecular weight is 394 g/mol. The highest BCUT2D eigenvalue weighted by atomic mass is 19.1. The molecule has 0 bridgehead atoms. The van der Waals surface area contributed by atoms with Gasteiger partial charge in [-0.05, 0) is 30.7 Å². The first-order chi connectivity index (χ1) is 13.5. The number of halogens is 1. The van der Waals surface area contributed by atoms with Crippen LogP contribution in [0, 0.1) is 11.7 Å². The molecular formula is C21H36FN5O. The molecule has 0 aliphatic carbocycles. The van der Waals surface area contributed by atoms with E-state index in [9.17, 15) is 4.39 Å². The van der Waals surface area contributed by atoms with Gasteiger partial charge in [-0.15, -0.1) is 0 Å². The Hall–Kier alpha value is -1.70. The second-order valence-electron chi connectivity index (χ2n) is 7.89. The van der Waals surface area contributed by atoms with E-state index in [4.69, 9.17) is 4.74 Å². The largest absolute Gasteiger partial charge is 0.374 e. The third-order valence-electron chi connectivity index (χ3n) is 4.72. The third-order valence-corrected chi connectivity index (χ3v) is 4.72. The smallest absolute Gasteiger partial charge is 0.191 e. The monoisotopic (exact) mass is 393 g/mol. The van der Waals surface area contributed by atoms with Crippen LogP contribution >= 0.6 is 0 Å². The molecule has 2 rings (SSSR count). The summed E-state index contributed by atoms with van der Waals surface area (Å²) in [4.78, 5) is 8.96. The predicted octanol–water partition coefficient (Wildman–Crippen LogP) is 1.78. The Labute approximate surface area is 169 Å². The van der Waals surface area contributed by atoms with Gasteiger partial charge in [-0.2, -0.15) is 0 Å². The molecule has 0 aromatic heterocycles. The number of nitrogens with one attached hydrogen (secondary N) is 2. The number of nitrogens with zero attached hydrogens (tertiary/aromatic N) is 3. The zero-order valence-corrected chi connectivity index (χ0v) is 17.7. The maximum Gasteiger partial charge on any atom is 0.191 e. The summed E-state index contributed by atoms with van der Waals surface area (Å²) in [7, 11) is 3.84. The second-order valence-corrected chi connectivity index (χ2v) is 7.89. The van der Waals surface area contributed by atoms with Gasteiger partial charge >= 0.3 is 0 Å². The molecule has 1 atom stereocenters. The Morgan fingerprint density at radius 3 is 2.75 bits per heavy atom. The van der Waals surface area contributed by atoms with Gasteiger partial charge in [0, 0.05) is 52.9 Å². The highest BCUT2D eigenvalue weighted by Gasteiger charge is 2.21. The molecule has 158 valence electrons. The summed E-state index contributed by atoms with van der Waals surface area (Å²) < 4.78 is 18.9. The van der Waals surface area contributed by atoms with Crippen LogP contribution in [0.15, 0.2) is 29.3 Å². The summed E-state index contributed by atoms with van der Waals surface area (Å²) >= 11 is 0. The van der Waals surface area contributed by atoms with Gasteiger partial charge in [-0.1, -0.05) is 26.0 Å². The average Bonchev–Trinajstić information content (AvgIpc) is 2.66. The first-order valence-electron chi connectivity index (χ1n) is 10.2. The van der Waals surface area contributed by atoms with Crippen LogP contribution in [0.3, 0.4) is 0 Å². The number of aliphatic imine (C=N–C) groups is 1. The maximum absolute atomic E-state index is 13.0. The number of morpholine rings is 1. The number of guanidine groups is 1. The Balaban J connectivity index is 1.64. The van der Waals surface area contributed by atoms with Gasteiger partial charge in [0.05, 0.1) is 12.7 Å². The molecule has 1 fully saturated rings. The standard InChI is InChI=1S/C21H36FN5O/c1-17(2)14-27-11-12-28-20(16-27)13-25-21(23-3)24-9-10-26(4)15-18-5-7-19(22)8-6-18/h5-8,17,20H,9-16H2,1-4H3,(H2,23,24,25). The fraction of sp³-hybridized carbons (Fsp3) is 0.667. The number of ether oxygens (including phenoxy) is 1. The summed E-state index contributed by atoms with van der Waals surface area (Å²) in [5.74, 6) is 1.27. The third kappa shape index (κ3) is 8.54. The lowest BCUT2D eigenvalue weighted by molar-refractivity contribution is -0.0284. The molecule has 1 aliphatic rings. The van der Waals surface area contributed by atoms with Crippen molar-refractivity contribution in [2.24, 2.45) is 10.9 Å². The van der Waals surface area contributed by atoms with Crippen LogP contribution in [-0.2, 0) is 11.3 Å². The van der Waals surface area contributed by atoms with Gasteiger partial charge in [0.15, 0.2) is 5.96 Å². The molecule has 1 aliphatic heterocycles. The van der Waals surface area contributed by atoms with Gasteiger partial charge in [0.2, 0.25) is 0 Å². The molecule has 1 heterocycles. The normalized spacial score (nSPS) is 18.7. The summed E-state index contributed by atoms with van der Waals surface area (Å²) in [6.07, 6.45) is 0.187. The molecule has 7 heteroatoms. The summed E-state index contributed by atoms with van der Waals surface area (Å²) in [6, 6.07) is 6.66. The van der Waals surface area contributed by atoms with E-state index in [2.05, 4.69) is 46.3 Å². The van der Waals surface area contributed by atoms with Crippen LogP contribution in [0.2, 0.25) is 0 Å². The first-order valence-corrected chi connectivity index (χ1v) is 10.2. The zero-order chi connectivity index (χ0) is 20.4. The van der Waals surface area contributed by atoms with Gasteiger partial charge < -0.3 is 20.3 Å². The number of benzene rings is 1. The minimum Gasteiger partial charge on any atom is -0.374 e. The quantitative estimate of drug-likeness (QED) is 0.495. The Morgan fingerprint density at radius 2 is 2.07 bits per heavy atom. The highest BCUT2D eigenvalue weighted by Crippen LogP contribution is 2.07. The second kappa shape index (κ2) is 12.0. The van der Waals surface area contributed by atoms with Crippen molar-refractivity contribution in [1.82, 2.24) is 20.4 Å². The van der Waals surface area contributed by atoms with Crippen molar-refractivity contribution in [3.8, 4) is 0 Å². The first kappa shape index (κ1) is 22.6. The number of hydrogen-bond donors (Lipinski definition) is 2.